The van der Waals surface area contributed by atoms with Gasteiger partial charge in [0.2, 0.25) is 0 Å². The van der Waals surface area contributed by atoms with Gasteiger partial charge in [-0.3, -0.25) is 0 Å². The van der Waals surface area contributed by atoms with Crippen LogP contribution in [0.3, 0.4) is 0 Å². The molecule has 0 aliphatic heterocycles. The lowest BCUT2D eigenvalue weighted by Crippen LogP contribution is -2.28. The lowest BCUT2D eigenvalue weighted by atomic mass is 9.94. The Hall–Kier alpha value is -0.860. The summed E-state index contributed by atoms with van der Waals surface area (Å²) in [6, 6.07) is 7.78. The Morgan fingerprint density at radius 1 is 1.20 bits per heavy atom. The van der Waals surface area contributed by atoms with E-state index in [-0.39, 0.29) is 0 Å². The molecule has 1 aromatic carbocycles. The third-order valence-corrected chi connectivity index (χ3v) is 2.50. The van der Waals surface area contributed by atoms with Crippen molar-refractivity contribution in [1.29, 1.82) is 0 Å². The zero-order valence-corrected chi connectivity index (χ0v) is 9.70. The third-order valence-electron chi connectivity index (χ3n) is 2.50. The fourth-order valence-electron chi connectivity index (χ4n) is 1.56. The number of rotatable bonds is 4. The smallest absolute Gasteiger partial charge is 0.107 e. The Bertz CT molecular complexity index is 295. The van der Waals surface area contributed by atoms with Crippen LogP contribution in [-0.4, -0.2) is 15.8 Å². The van der Waals surface area contributed by atoms with E-state index in [1.54, 1.807) is 13.8 Å². The molecule has 2 nitrogen and oxygen atoms in total. The van der Waals surface area contributed by atoms with Crippen LogP contribution < -0.4 is 0 Å². The third kappa shape index (κ3) is 3.33. The van der Waals surface area contributed by atoms with E-state index in [1.165, 1.54) is 5.56 Å². The molecular weight excluding hydrogens is 188 g/mol. The molecule has 0 radical (unpaired) electrons. The maximum atomic E-state index is 9.83. The van der Waals surface area contributed by atoms with E-state index in [1.807, 2.05) is 24.3 Å². The first-order valence-electron chi connectivity index (χ1n) is 5.44. The zero-order chi connectivity index (χ0) is 11.5. The predicted molar refractivity (Wildman–Crippen MR) is 61.7 cm³/mol. The van der Waals surface area contributed by atoms with Gasteiger partial charge in [-0.25, -0.2) is 0 Å². The normalized spacial score (nSPS) is 13.9. The highest BCUT2D eigenvalue weighted by molar-refractivity contribution is 5.25. The Morgan fingerprint density at radius 2 is 1.73 bits per heavy atom. The Kier molecular flexibility index (Phi) is 3.89. The number of aliphatic hydroxyl groups is 2. The first kappa shape index (κ1) is 12.2. The van der Waals surface area contributed by atoms with Gasteiger partial charge in [0.05, 0.1) is 5.60 Å². The monoisotopic (exact) mass is 208 g/mol. The van der Waals surface area contributed by atoms with E-state index in [0.717, 1.165) is 18.4 Å². The average Bonchev–Trinajstić information content (AvgIpc) is 2.17. The second kappa shape index (κ2) is 4.77. The summed E-state index contributed by atoms with van der Waals surface area (Å²) in [4.78, 5) is 0. The maximum absolute atomic E-state index is 9.83. The summed E-state index contributed by atoms with van der Waals surface area (Å²) in [6.07, 6.45) is 1.35. The number of aliphatic hydroxyl groups excluding tert-OH is 1. The first-order chi connectivity index (χ1) is 6.95. The van der Waals surface area contributed by atoms with E-state index < -0.39 is 11.7 Å². The molecule has 0 heterocycles. The summed E-state index contributed by atoms with van der Waals surface area (Å²) in [5.41, 5.74) is 0.943. The minimum atomic E-state index is -1.09. The minimum Gasteiger partial charge on any atom is -0.387 e. The molecule has 0 aromatic heterocycles. The van der Waals surface area contributed by atoms with Gasteiger partial charge in [0.25, 0.3) is 0 Å². The molecule has 2 N–H and O–H groups in total. The summed E-state index contributed by atoms with van der Waals surface area (Å²) in [5, 5.41) is 19.5. The predicted octanol–water partition coefficient (Wildman–Crippen LogP) is 2.44. The highest BCUT2D eigenvalue weighted by Crippen LogP contribution is 2.25. The van der Waals surface area contributed by atoms with Gasteiger partial charge >= 0.3 is 0 Å². The lowest BCUT2D eigenvalue weighted by Gasteiger charge is -2.24. The fourth-order valence-corrected chi connectivity index (χ4v) is 1.56. The number of hydrogen-bond donors (Lipinski definition) is 2. The van der Waals surface area contributed by atoms with Crippen LogP contribution in [0.1, 0.15) is 44.4 Å². The molecule has 0 aliphatic carbocycles. The van der Waals surface area contributed by atoms with Crippen molar-refractivity contribution in [2.24, 2.45) is 0 Å². The Balaban J connectivity index is 2.80. The van der Waals surface area contributed by atoms with Gasteiger partial charge in [-0.2, -0.15) is 0 Å². The quantitative estimate of drug-likeness (QED) is 0.798. The number of aryl methyl sites for hydroxylation is 1. The largest absolute Gasteiger partial charge is 0.387 e. The molecule has 1 aromatic rings. The van der Waals surface area contributed by atoms with Gasteiger partial charge in [-0.05, 0) is 31.4 Å². The minimum absolute atomic E-state index is 0.766. The molecule has 1 unspecified atom stereocenters. The van der Waals surface area contributed by atoms with E-state index in [2.05, 4.69) is 6.92 Å². The van der Waals surface area contributed by atoms with E-state index in [9.17, 15) is 10.2 Å². The van der Waals surface area contributed by atoms with Crippen LogP contribution in [0.25, 0.3) is 0 Å². The van der Waals surface area contributed by atoms with Gasteiger partial charge in [-0.15, -0.1) is 0 Å². The number of hydrogen-bond acceptors (Lipinski definition) is 2. The molecular formula is C13H20O2. The summed E-state index contributed by atoms with van der Waals surface area (Å²) in [5.74, 6) is 0. The van der Waals surface area contributed by atoms with Crippen molar-refractivity contribution >= 4 is 0 Å². The van der Waals surface area contributed by atoms with Crippen molar-refractivity contribution < 1.29 is 10.2 Å². The van der Waals surface area contributed by atoms with Crippen molar-refractivity contribution in [3.05, 3.63) is 35.4 Å². The van der Waals surface area contributed by atoms with Crippen LogP contribution in [0.2, 0.25) is 0 Å². The first-order valence-corrected chi connectivity index (χ1v) is 5.44. The van der Waals surface area contributed by atoms with Crippen molar-refractivity contribution in [2.75, 3.05) is 0 Å². The van der Waals surface area contributed by atoms with E-state index >= 15 is 0 Å². The molecule has 84 valence electrons. The Morgan fingerprint density at radius 3 is 2.13 bits per heavy atom. The molecule has 0 amide bonds. The second-order valence-corrected chi connectivity index (χ2v) is 4.55. The molecule has 1 rings (SSSR count). The summed E-state index contributed by atoms with van der Waals surface area (Å²) in [6.45, 7) is 5.36. The number of benzene rings is 1. The fraction of sp³-hybridized carbons (Fsp3) is 0.538. The SMILES string of the molecule is CCCc1ccc(C(O)C(C)(C)O)cc1. The average molecular weight is 208 g/mol. The molecule has 2 heteroatoms. The molecule has 0 aliphatic rings. The van der Waals surface area contributed by atoms with Gasteiger partial charge < -0.3 is 10.2 Å². The Labute approximate surface area is 91.6 Å². The maximum Gasteiger partial charge on any atom is 0.107 e. The van der Waals surface area contributed by atoms with Gasteiger partial charge in [0, 0.05) is 0 Å². The van der Waals surface area contributed by atoms with Crippen LogP contribution in [0.5, 0.6) is 0 Å². The van der Waals surface area contributed by atoms with Crippen LogP contribution >= 0.6 is 0 Å². The molecule has 15 heavy (non-hydrogen) atoms. The van der Waals surface area contributed by atoms with Crippen LogP contribution in [0.15, 0.2) is 24.3 Å². The van der Waals surface area contributed by atoms with Crippen molar-refractivity contribution in [3.63, 3.8) is 0 Å². The van der Waals surface area contributed by atoms with Crippen molar-refractivity contribution in [2.45, 2.75) is 45.3 Å². The van der Waals surface area contributed by atoms with Crippen LogP contribution in [0, 0.1) is 0 Å². The molecule has 0 bridgehead atoms. The summed E-state index contributed by atoms with van der Waals surface area (Å²) >= 11 is 0. The molecule has 0 fully saturated rings. The van der Waals surface area contributed by atoms with Gasteiger partial charge in [-0.1, -0.05) is 37.6 Å². The summed E-state index contributed by atoms with van der Waals surface area (Å²) < 4.78 is 0. The molecule has 1 atom stereocenters. The van der Waals surface area contributed by atoms with Crippen molar-refractivity contribution in [1.82, 2.24) is 0 Å². The van der Waals surface area contributed by atoms with Gasteiger partial charge in [0.15, 0.2) is 0 Å². The van der Waals surface area contributed by atoms with Crippen molar-refractivity contribution in [3.8, 4) is 0 Å². The lowest BCUT2D eigenvalue weighted by molar-refractivity contribution is -0.0496. The topological polar surface area (TPSA) is 40.5 Å². The van der Waals surface area contributed by atoms with Crippen LogP contribution in [0.4, 0.5) is 0 Å². The van der Waals surface area contributed by atoms with E-state index in [0.29, 0.717) is 0 Å². The second-order valence-electron chi connectivity index (χ2n) is 4.55. The molecule has 0 saturated carbocycles. The standard InChI is InChI=1S/C13H20O2/c1-4-5-10-6-8-11(9-7-10)12(14)13(2,3)15/h6-9,12,14-15H,4-5H2,1-3H3. The van der Waals surface area contributed by atoms with E-state index in [4.69, 9.17) is 0 Å². The highest BCUT2D eigenvalue weighted by Gasteiger charge is 2.25. The highest BCUT2D eigenvalue weighted by atomic mass is 16.3. The molecule has 0 spiro atoms. The van der Waals surface area contributed by atoms with Crippen LogP contribution in [-0.2, 0) is 6.42 Å². The zero-order valence-electron chi connectivity index (χ0n) is 9.70. The summed E-state index contributed by atoms with van der Waals surface area (Å²) in [7, 11) is 0. The van der Waals surface area contributed by atoms with Gasteiger partial charge in [0.1, 0.15) is 6.10 Å². The molecule has 0 saturated heterocycles.